The monoisotopic (exact) mass is 375 g/mol. The minimum Gasteiger partial charge on any atom is -0.493 e. The van der Waals surface area contributed by atoms with Crippen LogP contribution in [0.3, 0.4) is 0 Å². The first-order valence-corrected chi connectivity index (χ1v) is 9.08. The second kappa shape index (κ2) is 7.19. The summed E-state index contributed by atoms with van der Waals surface area (Å²) in [6, 6.07) is 15.1. The molecule has 4 N–H and O–H groups in total. The summed E-state index contributed by atoms with van der Waals surface area (Å²) in [7, 11) is 0. The lowest BCUT2D eigenvalue weighted by atomic mass is 10.1. The van der Waals surface area contributed by atoms with Crippen LogP contribution in [-0.4, -0.2) is 26.8 Å². The van der Waals surface area contributed by atoms with Crippen molar-refractivity contribution in [3.63, 3.8) is 0 Å². The predicted molar refractivity (Wildman–Crippen MR) is 110 cm³/mol. The number of nitrogens with zero attached hydrogens (tertiary/aromatic N) is 2. The van der Waals surface area contributed by atoms with E-state index in [1.54, 1.807) is 0 Å². The number of anilines is 1. The van der Waals surface area contributed by atoms with Crippen LogP contribution >= 0.6 is 0 Å². The van der Waals surface area contributed by atoms with Crippen LogP contribution in [0.5, 0.6) is 5.75 Å². The molecule has 2 aromatic carbocycles. The number of nitrogens with one attached hydrogen (secondary N) is 2. The summed E-state index contributed by atoms with van der Waals surface area (Å²) in [5.41, 5.74) is 9.20. The number of H-pyrrole nitrogens is 2. The Morgan fingerprint density at radius 2 is 1.96 bits per heavy atom. The Balaban J connectivity index is 1.74. The second-order valence-corrected chi connectivity index (χ2v) is 7.09. The van der Waals surface area contributed by atoms with Gasteiger partial charge in [-0.25, -0.2) is 4.79 Å². The Bertz CT molecular complexity index is 1190. The highest BCUT2D eigenvalue weighted by Crippen LogP contribution is 2.28. The molecule has 0 unspecified atom stereocenters. The summed E-state index contributed by atoms with van der Waals surface area (Å²) in [5.74, 6) is 1.61. The average Bonchev–Trinajstić information content (AvgIpc) is 3.06. The summed E-state index contributed by atoms with van der Waals surface area (Å²) in [6.07, 6.45) is 0. The Morgan fingerprint density at radius 1 is 1.11 bits per heavy atom. The number of hydrogen-bond donors (Lipinski definition) is 3. The third-order valence-corrected chi connectivity index (χ3v) is 4.36. The van der Waals surface area contributed by atoms with Gasteiger partial charge in [-0.2, -0.15) is 10.1 Å². The van der Waals surface area contributed by atoms with Crippen molar-refractivity contribution in [2.24, 2.45) is 5.92 Å². The van der Waals surface area contributed by atoms with E-state index in [4.69, 9.17) is 10.5 Å². The first-order chi connectivity index (χ1) is 13.5. The molecule has 4 aromatic rings. The predicted octanol–water partition coefficient (Wildman–Crippen LogP) is 3.60. The zero-order chi connectivity index (χ0) is 19.7. The summed E-state index contributed by atoms with van der Waals surface area (Å²) in [5, 5.41) is 7.66. The SMILES string of the molecule is CC(C)COc1cccc(-c2cc(-c3ccc4[nH]nc(N)c4c3)nc(=O)[nH]2)c1. The molecular formula is C21H21N5O2. The standard InChI is InChI=1S/C21H21N5O2/c1-12(2)11-28-15-5-3-4-13(8-15)18-10-19(24-21(27)23-18)14-6-7-17-16(9-14)20(22)26-25-17/h3-10,12H,11H2,1-2H3,(H3,22,25,26)(H,23,24,27). The Morgan fingerprint density at radius 3 is 2.79 bits per heavy atom. The minimum absolute atomic E-state index is 0.414. The highest BCUT2D eigenvalue weighted by molar-refractivity contribution is 5.92. The summed E-state index contributed by atoms with van der Waals surface area (Å²) < 4.78 is 5.80. The van der Waals surface area contributed by atoms with Crippen LogP contribution in [0.25, 0.3) is 33.4 Å². The second-order valence-electron chi connectivity index (χ2n) is 7.09. The topological polar surface area (TPSA) is 110 Å². The number of rotatable bonds is 5. The van der Waals surface area contributed by atoms with Gasteiger partial charge in [0.05, 0.1) is 23.5 Å². The molecule has 0 amide bonds. The van der Waals surface area contributed by atoms with Gasteiger partial charge in [-0.05, 0) is 36.2 Å². The number of nitrogen functional groups attached to an aromatic ring is 1. The maximum absolute atomic E-state index is 12.2. The van der Waals surface area contributed by atoms with Gasteiger partial charge in [0, 0.05) is 16.5 Å². The fraction of sp³-hybridized carbons (Fsp3) is 0.190. The van der Waals surface area contributed by atoms with E-state index in [0.29, 0.717) is 29.7 Å². The van der Waals surface area contributed by atoms with Crippen LogP contribution in [0.4, 0.5) is 5.82 Å². The van der Waals surface area contributed by atoms with Crippen LogP contribution < -0.4 is 16.2 Å². The molecule has 0 saturated heterocycles. The summed E-state index contributed by atoms with van der Waals surface area (Å²) in [6.45, 7) is 4.83. The first-order valence-electron chi connectivity index (χ1n) is 9.08. The van der Waals surface area contributed by atoms with Crippen molar-refractivity contribution in [3.8, 4) is 28.3 Å². The lowest BCUT2D eigenvalue weighted by Crippen LogP contribution is -2.12. The van der Waals surface area contributed by atoms with Gasteiger partial charge in [-0.15, -0.1) is 0 Å². The number of nitrogens with two attached hydrogens (primary N) is 1. The molecule has 7 heteroatoms. The highest BCUT2D eigenvalue weighted by Gasteiger charge is 2.10. The van der Waals surface area contributed by atoms with Gasteiger partial charge in [-0.1, -0.05) is 32.0 Å². The molecule has 0 saturated carbocycles. The van der Waals surface area contributed by atoms with Crippen molar-refractivity contribution in [2.75, 3.05) is 12.3 Å². The van der Waals surface area contributed by atoms with Gasteiger partial charge < -0.3 is 15.5 Å². The van der Waals surface area contributed by atoms with Crippen LogP contribution in [0.2, 0.25) is 0 Å². The van der Waals surface area contributed by atoms with E-state index in [2.05, 4.69) is 34.0 Å². The van der Waals surface area contributed by atoms with E-state index in [1.165, 1.54) is 0 Å². The van der Waals surface area contributed by atoms with Crippen LogP contribution in [-0.2, 0) is 0 Å². The largest absolute Gasteiger partial charge is 0.493 e. The number of aromatic amines is 2. The molecule has 7 nitrogen and oxygen atoms in total. The fourth-order valence-corrected chi connectivity index (χ4v) is 2.97. The van der Waals surface area contributed by atoms with Crippen LogP contribution in [0, 0.1) is 5.92 Å². The number of benzene rings is 2. The van der Waals surface area contributed by atoms with Crippen molar-refractivity contribution < 1.29 is 4.74 Å². The smallest absolute Gasteiger partial charge is 0.345 e. The van der Waals surface area contributed by atoms with E-state index < -0.39 is 5.69 Å². The van der Waals surface area contributed by atoms with Crippen molar-refractivity contribution in [2.45, 2.75) is 13.8 Å². The van der Waals surface area contributed by atoms with Gasteiger partial charge in [0.15, 0.2) is 5.82 Å². The molecule has 28 heavy (non-hydrogen) atoms. The lowest BCUT2D eigenvalue weighted by Gasteiger charge is -2.10. The molecule has 0 atom stereocenters. The molecule has 0 radical (unpaired) electrons. The third-order valence-electron chi connectivity index (χ3n) is 4.36. The van der Waals surface area contributed by atoms with Gasteiger partial charge in [-0.3, -0.25) is 5.10 Å². The molecule has 0 aliphatic heterocycles. The number of hydrogen-bond acceptors (Lipinski definition) is 5. The Kier molecular flexibility index (Phi) is 4.57. The fourth-order valence-electron chi connectivity index (χ4n) is 2.97. The molecular weight excluding hydrogens is 354 g/mol. The summed E-state index contributed by atoms with van der Waals surface area (Å²) in [4.78, 5) is 19.1. The van der Waals surface area contributed by atoms with Crippen molar-refractivity contribution >= 4 is 16.7 Å². The highest BCUT2D eigenvalue weighted by atomic mass is 16.5. The molecule has 0 aliphatic carbocycles. The molecule has 4 rings (SSSR count). The molecule has 142 valence electrons. The normalized spacial score (nSPS) is 11.2. The zero-order valence-corrected chi connectivity index (χ0v) is 15.7. The van der Waals surface area contributed by atoms with E-state index in [1.807, 2.05) is 48.5 Å². The molecule has 0 aliphatic rings. The van der Waals surface area contributed by atoms with Crippen LogP contribution in [0.15, 0.2) is 53.3 Å². The van der Waals surface area contributed by atoms with E-state index in [-0.39, 0.29) is 0 Å². The zero-order valence-electron chi connectivity index (χ0n) is 15.7. The Labute approximate surface area is 161 Å². The van der Waals surface area contributed by atoms with Gasteiger partial charge in [0.2, 0.25) is 0 Å². The number of fused-ring (bicyclic) bond motifs is 1. The van der Waals surface area contributed by atoms with E-state index in [9.17, 15) is 4.79 Å². The molecule has 2 aromatic heterocycles. The molecule has 0 bridgehead atoms. The van der Waals surface area contributed by atoms with Gasteiger partial charge in [0.1, 0.15) is 5.75 Å². The van der Waals surface area contributed by atoms with Gasteiger partial charge >= 0.3 is 5.69 Å². The quantitative estimate of drug-likeness (QED) is 0.494. The van der Waals surface area contributed by atoms with E-state index in [0.717, 1.165) is 27.8 Å². The molecule has 0 fully saturated rings. The number of ether oxygens (including phenoxy) is 1. The first kappa shape index (κ1) is 17.8. The van der Waals surface area contributed by atoms with Gasteiger partial charge in [0.25, 0.3) is 0 Å². The Hall–Kier alpha value is -3.61. The van der Waals surface area contributed by atoms with Crippen molar-refractivity contribution in [1.82, 2.24) is 20.2 Å². The average molecular weight is 375 g/mol. The number of aromatic nitrogens is 4. The third kappa shape index (κ3) is 3.59. The maximum Gasteiger partial charge on any atom is 0.345 e. The minimum atomic E-state index is -0.415. The maximum atomic E-state index is 12.2. The van der Waals surface area contributed by atoms with Crippen molar-refractivity contribution in [3.05, 3.63) is 59.0 Å². The lowest BCUT2D eigenvalue weighted by molar-refractivity contribution is 0.271. The van der Waals surface area contributed by atoms with E-state index >= 15 is 0 Å². The van der Waals surface area contributed by atoms with Crippen LogP contribution in [0.1, 0.15) is 13.8 Å². The van der Waals surface area contributed by atoms with Crippen molar-refractivity contribution in [1.29, 1.82) is 0 Å². The summed E-state index contributed by atoms with van der Waals surface area (Å²) >= 11 is 0. The molecule has 2 heterocycles. The molecule has 0 spiro atoms.